The zero-order valence-electron chi connectivity index (χ0n) is 12.3. The van der Waals surface area contributed by atoms with Gasteiger partial charge in [-0.1, -0.05) is 18.2 Å². The third-order valence-electron chi connectivity index (χ3n) is 3.46. The Labute approximate surface area is 119 Å². The second-order valence-corrected chi connectivity index (χ2v) is 5.25. The van der Waals surface area contributed by atoms with Crippen molar-refractivity contribution in [1.29, 1.82) is 0 Å². The monoisotopic (exact) mass is 273 g/mol. The molecule has 2 aromatic carbocycles. The smallest absolute Gasteiger partial charge is 0.167 e. The lowest BCUT2D eigenvalue weighted by Crippen LogP contribution is -2.08. The quantitative estimate of drug-likeness (QED) is 0.889. The van der Waals surface area contributed by atoms with Gasteiger partial charge in [-0.3, -0.25) is 0 Å². The Hall–Kier alpha value is -1.87. The fourth-order valence-corrected chi connectivity index (χ4v) is 2.21. The first-order valence-corrected chi connectivity index (χ1v) is 6.70. The molecule has 0 aliphatic heterocycles. The second kappa shape index (κ2) is 5.63. The van der Waals surface area contributed by atoms with Crippen LogP contribution >= 0.6 is 0 Å². The van der Waals surface area contributed by atoms with Crippen LogP contribution < -0.4 is 10.5 Å². The van der Waals surface area contributed by atoms with Gasteiger partial charge in [0.1, 0.15) is 5.75 Å². The largest absolute Gasteiger partial charge is 0.454 e. The van der Waals surface area contributed by atoms with Gasteiger partial charge in [0, 0.05) is 11.6 Å². The summed E-state index contributed by atoms with van der Waals surface area (Å²) in [4.78, 5) is 0. The van der Waals surface area contributed by atoms with Crippen LogP contribution in [0, 0.1) is 26.6 Å². The minimum Gasteiger partial charge on any atom is -0.454 e. The molecule has 2 aromatic rings. The van der Waals surface area contributed by atoms with E-state index < -0.39 is 5.82 Å². The van der Waals surface area contributed by atoms with Gasteiger partial charge in [0.25, 0.3) is 0 Å². The number of para-hydroxylation sites is 1. The number of halogens is 1. The molecule has 0 fully saturated rings. The van der Waals surface area contributed by atoms with E-state index in [1.165, 1.54) is 6.07 Å². The van der Waals surface area contributed by atoms with E-state index in [0.29, 0.717) is 11.3 Å². The molecule has 0 aromatic heterocycles. The highest BCUT2D eigenvalue weighted by molar-refractivity contribution is 5.47. The van der Waals surface area contributed by atoms with Crippen LogP contribution in [0.2, 0.25) is 0 Å². The lowest BCUT2D eigenvalue weighted by atomic mass is 10.0. The first-order chi connectivity index (χ1) is 9.40. The van der Waals surface area contributed by atoms with Gasteiger partial charge >= 0.3 is 0 Å². The van der Waals surface area contributed by atoms with Crippen LogP contribution in [0.3, 0.4) is 0 Å². The summed E-state index contributed by atoms with van der Waals surface area (Å²) in [5.74, 6) is 0.503. The van der Waals surface area contributed by atoms with E-state index >= 15 is 0 Å². The Morgan fingerprint density at radius 1 is 1.15 bits per heavy atom. The SMILES string of the molecule is Cc1cc(C)c(C)c(Oc2c(F)cccc2[C@@H](C)N)c1. The van der Waals surface area contributed by atoms with E-state index in [1.807, 2.05) is 33.8 Å². The standard InChI is InChI=1S/C17H20FNO/c1-10-8-11(2)12(3)16(9-10)20-17-14(13(4)19)6-5-7-15(17)18/h5-9,13H,19H2,1-4H3/t13-/m1/s1. The van der Waals surface area contributed by atoms with Gasteiger partial charge in [0.05, 0.1) is 0 Å². The maximum absolute atomic E-state index is 14.0. The zero-order chi connectivity index (χ0) is 14.9. The lowest BCUT2D eigenvalue weighted by Gasteiger charge is -2.17. The summed E-state index contributed by atoms with van der Waals surface area (Å²) in [5, 5.41) is 0. The predicted octanol–water partition coefficient (Wildman–Crippen LogP) is 4.56. The average Bonchev–Trinajstić information content (AvgIpc) is 2.37. The fraction of sp³-hybridized carbons (Fsp3) is 0.294. The predicted molar refractivity (Wildman–Crippen MR) is 79.7 cm³/mol. The minimum atomic E-state index is -0.390. The van der Waals surface area contributed by atoms with Crippen molar-refractivity contribution in [2.75, 3.05) is 0 Å². The minimum absolute atomic E-state index is 0.218. The number of aryl methyl sites for hydroxylation is 2. The van der Waals surface area contributed by atoms with Crippen LogP contribution in [0.25, 0.3) is 0 Å². The molecule has 0 bridgehead atoms. The third kappa shape index (κ3) is 2.83. The highest BCUT2D eigenvalue weighted by atomic mass is 19.1. The molecule has 20 heavy (non-hydrogen) atoms. The number of hydrogen-bond donors (Lipinski definition) is 1. The Kier molecular flexibility index (Phi) is 4.09. The van der Waals surface area contributed by atoms with Gasteiger partial charge in [-0.15, -0.1) is 0 Å². The van der Waals surface area contributed by atoms with Crippen LogP contribution in [0.1, 0.15) is 35.2 Å². The zero-order valence-corrected chi connectivity index (χ0v) is 12.3. The molecule has 1 atom stereocenters. The molecule has 0 unspecified atom stereocenters. The van der Waals surface area contributed by atoms with Crippen molar-refractivity contribution < 1.29 is 9.13 Å². The molecule has 0 heterocycles. The summed E-state index contributed by atoms with van der Waals surface area (Å²) in [6, 6.07) is 8.54. The van der Waals surface area contributed by atoms with Crippen LogP contribution in [-0.2, 0) is 0 Å². The molecule has 0 aliphatic carbocycles. The van der Waals surface area contributed by atoms with E-state index in [4.69, 9.17) is 10.5 Å². The van der Waals surface area contributed by atoms with Gasteiger partial charge in [-0.2, -0.15) is 0 Å². The number of nitrogens with two attached hydrogens (primary N) is 1. The van der Waals surface area contributed by atoms with Crippen molar-refractivity contribution in [2.24, 2.45) is 5.73 Å². The molecule has 0 aliphatic rings. The van der Waals surface area contributed by atoms with Crippen molar-refractivity contribution in [3.8, 4) is 11.5 Å². The Morgan fingerprint density at radius 2 is 1.85 bits per heavy atom. The first kappa shape index (κ1) is 14.5. The van der Waals surface area contributed by atoms with Gasteiger partial charge in [-0.05, 0) is 56.5 Å². The maximum atomic E-state index is 14.0. The molecule has 2 N–H and O–H groups in total. The normalized spacial score (nSPS) is 12.3. The van der Waals surface area contributed by atoms with Gasteiger partial charge in [0.15, 0.2) is 11.6 Å². The van der Waals surface area contributed by atoms with E-state index in [0.717, 1.165) is 16.7 Å². The molecule has 0 saturated heterocycles. The highest BCUT2D eigenvalue weighted by Crippen LogP contribution is 2.34. The fourth-order valence-electron chi connectivity index (χ4n) is 2.21. The molecule has 0 spiro atoms. The first-order valence-electron chi connectivity index (χ1n) is 6.70. The van der Waals surface area contributed by atoms with Gasteiger partial charge in [-0.25, -0.2) is 4.39 Å². The van der Waals surface area contributed by atoms with Crippen LogP contribution in [0.15, 0.2) is 30.3 Å². The number of rotatable bonds is 3. The number of ether oxygens (including phenoxy) is 1. The lowest BCUT2D eigenvalue weighted by molar-refractivity contribution is 0.429. The van der Waals surface area contributed by atoms with E-state index in [-0.39, 0.29) is 11.8 Å². The van der Waals surface area contributed by atoms with Crippen LogP contribution in [-0.4, -0.2) is 0 Å². The van der Waals surface area contributed by atoms with Crippen molar-refractivity contribution >= 4 is 0 Å². The average molecular weight is 273 g/mol. The summed E-state index contributed by atoms with van der Waals surface area (Å²) in [5.41, 5.74) is 9.78. The molecule has 106 valence electrons. The Morgan fingerprint density at radius 3 is 2.50 bits per heavy atom. The van der Waals surface area contributed by atoms with E-state index in [2.05, 4.69) is 6.07 Å². The third-order valence-corrected chi connectivity index (χ3v) is 3.46. The molecule has 2 rings (SSSR count). The summed E-state index contributed by atoms with van der Waals surface area (Å²) in [6.45, 7) is 7.79. The van der Waals surface area contributed by atoms with E-state index in [9.17, 15) is 4.39 Å². The Balaban J connectivity index is 2.50. The molecular formula is C17H20FNO. The molecule has 0 saturated carbocycles. The summed E-state index contributed by atoms with van der Waals surface area (Å²) < 4.78 is 19.9. The molecule has 2 nitrogen and oxygen atoms in total. The summed E-state index contributed by atoms with van der Waals surface area (Å²) in [7, 11) is 0. The molecule has 3 heteroatoms. The highest BCUT2D eigenvalue weighted by Gasteiger charge is 2.15. The van der Waals surface area contributed by atoms with Gasteiger partial charge in [0.2, 0.25) is 0 Å². The second-order valence-electron chi connectivity index (χ2n) is 5.25. The molecular weight excluding hydrogens is 253 g/mol. The molecule has 0 radical (unpaired) electrons. The van der Waals surface area contributed by atoms with Crippen molar-refractivity contribution in [1.82, 2.24) is 0 Å². The van der Waals surface area contributed by atoms with E-state index in [1.54, 1.807) is 12.1 Å². The van der Waals surface area contributed by atoms with Crippen LogP contribution in [0.4, 0.5) is 4.39 Å². The number of benzene rings is 2. The summed E-state index contributed by atoms with van der Waals surface area (Å²) in [6.07, 6.45) is 0. The van der Waals surface area contributed by atoms with Crippen molar-refractivity contribution in [3.63, 3.8) is 0 Å². The van der Waals surface area contributed by atoms with Crippen molar-refractivity contribution in [3.05, 3.63) is 58.4 Å². The van der Waals surface area contributed by atoms with Crippen LogP contribution in [0.5, 0.6) is 11.5 Å². The molecule has 0 amide bonds. The summed E-state index contributed by atoms with van der Waals surface area (Å²) >= 11 is 0. The maximum Gasteiger partial charge on any atom is 0.167 e. The topological polar surface area (TPSA) is 35.2 Å². The Bertz CT molecular complexity index is 635. The van der Waals surface area contributed by atoms with Gasteiger partial charge < -0.3 is 10.5 Å². The number of hydrogen-bond acceptors (Lipinski definition) is 2. The van der Waals surface area contributed by atoms with Crippen molar-refractivity contribution in [2.45, 2.75) is 33.7 Å².